The Hall–Kier alpha value is -0.790. The number of fused-ring (bicyclic) bond motifs is 5. The number of hydrogen-bond acceptors (Lipinski definition) is 2. The van der Waals surface area contributed by atoms with Crippen molar-refractivity contribution in [2.75, 3.05) is 6.61 Å². The molecule has 4 aliphatic rings. The average molecular weight is 387 g/mol. The molecule has 28 heavy (non-hydrogen) atoms. The second-order valence-corrected chi connectivity index (χ2v) is 11.1. The monoisotopic (exact) mass is 386 g/mol. The molecule has 1 unspecified atom stereocenters. The zero-order valence-electron chi connectivity index (χ0n) is 18.7. The molecule has 0 aromatic heterocycles. The Bertz CT molecular complexity index is 610. The van der Waals surface area contributed by atoms with Crippen LogP contribution in [0.25, 0.3) is 0 Å². The predicted molar refractivity (Wildman–Crippen MR) is 115 cm³/mol. The lowest BCUT2D eigenvalue weighted by atomic mass is 9.45. The minimum Gasteiger partial charge on any atom is -0.466 e. The highest BCUT2D eigenvalue weighted by Gasteiger charge is 2.59. The van der Waals surface area contributed by atoms with Crippen LogP contribution in [0.5, 0.6) is 0 Å². The molecular weight excluding hydrogens is 344 g/mol. The molecule has 0 N–H and O–H groups in total. The van der Waals surface area contributed by atoms with Crippen LogP contribution in [0.3, 0.4) is 0 Å². The van der Waals surface area contributed by atoms with Crippen LogP contribution in [0.2, 0.25) is 0 Å². The number of hydrogen-bond donors (Lipinski definition) is 0. The number of esters is 1. The fourth-order valence-corrected chi connectivity index (χ4v) is 8.59. The molecule has 0 heterocycles. The van der Waals surface area contributed by atoms with E-state index in [2.05, 4.69) is 32.9 Å². The van der Waals surface area contributed by atoms with Gasteiger partial charge in [-0.25, -0.2) is 0 Å². The SMILES string of the molecule is CCOC(=O)CC[C@@H](C)[C@H]1CC[C@H]2[C@@H]3CCC4CC=CC[C@]4(C)[C@H]3CC[C@]12C. The van der Waals surface area contributed by atoms with Crippen molar-refractivity contribution in [1.29, 1.82) is 0 Å². The third-order valence-electron chi connectivity index (χ3n) is 10.1. The van der Waals surface area contributed by atoms with Crippen molar-refractivity contribution in [2.24, 2.45) is 46.3 Å². The van der Waals surface area contributed by atoms with Crippen molar-refractivity contribution in [2.45, 2.75) is 91.9 Å². The Morgan fingerprint density at radius 2 is 1.86 bits per heavy atom. The molecule has 0 saturated heterocycles. The highest BCUT2D eigenvalue weighted by molar-refractivity contribution is 5.69. The molecule has 8 atom stereocenters. The summed E-state index contributed by atoms with van der Waals surface area (Å²) in [7, 11) is 0. The predicted octanol–water partition coefficient (Wildman–Crippen LogP) is 6.79. The van der Waals surface area contributed by atoms with E-state index in [-0.39, 0.29) is 5.97 Å². The smallest absolute Gasteiger partial charge is 0.305 e. The van der Waals surface area contributed by atoms with E-state index in [9.17, 15) is 4.79 Å². The Morgan fingerprint density at radius 3 is 2.64 bits per heavy atom. The highest BCUT2D eigenvalue weighted by Crippen LogP contribution is 2.67. The minimum absolute atomic E-state index is 0.00522. The molecular formula is C26H42O2. The molecule has 4 aliphatic carbocycles. The largest absolute Gasteiger partial charge is 0.466 e. The van der Waals surface area contributed by atoms with Gasteiger partial charge in [0.25, 0.3) is 0 Å². The maximum Gasteiger partial charge on any atom is 0.305 e. The van der Waals surface area contributed by atoms with Crippen molar-refractivity contribution in [1.82, 2.24) is 0 Å². The maximum atomic E-state index is 11.9. The first kappa shape index (κ1) is 20.5. The number of carbonyl (C=O) groups excluding carboxylic acids is 1. The molecule has 0 spiro atoms. The summed E-state index contributed by atoms with van der Waals surface area (Å²) < 4.78 is 5.17. The van der Waals surface area contributed by atoms with Gasteiger partial charge in [-0.05, 0) is 111 Å². The molecule has 0 radical (unpaired) electrons. The number of rotatable bonds is 5. The standard InChI is InChI=1S/C26H42O2/c1-5-28-24(27)14-9-18(2)21-12-13-22-20-11-10-19-8-6-7-16-25(19,3)23(20)15-17-26(21,22)4/h6-7,18-23H,5,8-17H2,1-4H3/t18-,19?,20+,21-,22+,23+,25+,26-/m1/s1. The van der Waals surface area contributed by atoms with Gasteiger partial charge in [-0.1, -0.05) is 32.9 Å². The van der Waals surface area contributed by atoms with E-state index >= 15 is 0 Å². The van der Waals surface area contributed by atoms with Crippen LogP contribution in [-0.2, 0) is 9.53 Å². The maximum absolute atomic E-state index is 11.9. The van der Waals surface area contributed by atoms with Crippen LogP contribution in [0, 0.1) is 46.3 Å². The van der Waals surface area contributed by atoms with Crippen molar-refractivity contribution in [3.63, 3.8) is 0 Å². The van der Waals surface area contributed by atoms with Gasteiger partial charge in [0.05, 0.1) is 6.61 Å². The van der Waals surface area contributed by atoms with Crippen LogP contribution < -0.4 is 0 Å². The molecule has 0 aromatic rings. The highest BCUT2D eigenvalue weighted by atomic mass is 16.5. The lowest BCUT2D eigenvalue weighted by Crippen LogP contribution is -2.52. The lowest BCUT2D eigenvalue weighted by Gasteiger charge is -2.60. The first-order valence-corrected chi connectivity index (χ1v) is 12.2. The van der Waals surface area contributed by atoms with Crippen molar-refractivity contribution < 1.29 is 9.53 Å². The van der Waals surface area contributed by atoms with Crippen molar-refractivity contribution in [3.05, 3.63) is 12.2 Å². The van der Waals surface area contributed by atoms with Crippen LogP contribution in [0.15, 0.2) is 12.2 Å². The zero-order valence-corrected chi connectivity index (χ0v) is 18.7. The van der Waals surface area contributed by atoms with Crippen molar-refractivity contribution in [3.8, 4) is 0 Å². The van der Waals surface area contributed by atoms with Gasteiger partial charge in [-0.15, -0.1) is 0 Å². The quantitative estimate of drug-likeness (QED) is 0.384. The van der Waals surface area contributed by atoms with Gasteiger partial charge >= 0.3 is 5.97 Å². The third kappa shape index (κ3) is 3.27. The average Bonchev–Trinajstić information content (AvgIpc) is 3.03. The fourth-order valence-electron chi connectivity index (χ4n) is 8.59. The zero-order chi connectivity index (χ0) is 19.9. The summed E-state index contributed by atoms with van der Waals surface area (Å²) in [5.41, 5.74) is 1.07. The Balaban J connectivity index is 1.46. The minimum atomic E-state index is -0.00522. The third-order valence-corrected chi connectivity index (χ3v) is 10.1. The first-order chi connectivity index (χ1) is 13.4. The second-order valence-electron chi connectivity index (χ2n) is 11.1. The van der Waals surface area contributed by atoms with E-state index in [0.717, 1.165) is 36.0 Å². The van der Waals surface area contributed by atoms with E-state index in [1.165, 1.54) is 51.4 Å². The molecule has 2 heteroatoms. The van der Waals surface area contributed by atoms with E-state index < -0.39 is 0 Å². The van der Waals surface area contributed by atoms with E-state index in [1.807, 2.05) is 6.92 Å². The molecule has 0 amide bonds. The molecule has 0 bridgehead atoms. The first-order valence-electron chi connectivity index (χ1n) is 12.2. The summed E-state index contributed by atoms with van der Waals surface area (Å²) in [4.78, 5) is 11.9. The van der Waals surface area contributed by atoms with Gasteiger partial charge in [-0.2, -0.15) is 0 Å². The molecule has 2 nitrogen and oxygen atoms in total. The number of allylic oxidation sites excluding steroid dienone is 2. The van der Waals surface area contributed by atoms with Crippen LogP contribution in [0.1, 0.15) is 91.9 Å². The molecule has 0 aromatic carbocycles. The molecule has 158 valence electrons. The van der Waals surface area contributed by atoms with Crippen molar-refractivity contribution >= 4 is 5.97 Å². The Kier molecular flexibility index (Phi) is 5.71. The number of carbonyl (C=O) groups is 1. The summed E-state index contributed by atoms with van der Waals surface area (Å²) in [5.74, 6) is 5.19. The summed E-state index contributed by atoms with van der Waals surface area (Å²) in [6.45, 7) is 10.1. The van der Waals surface area contributed by atoms with Gasteiger partial charge in [0.15, 0.2) is 0 Å². The van der Waals surface area contributed by atoms with E-state index in [0.29, 0.717) is 29.8 Å². The summed E-state index contributed by atoms with van der Waals surface area (Å²) in [6.07, 6.45) is 17.8. The summed E-state index contributed by atoms with van der Waals surface area (Å²) in [6, 6.07) is 0. The fraction of sp³-hybridized carbons (Fsp3) is 0.885. The van der Waals surface area contributed by atoms with Gasteiger partial charge in [-0.3, -0.25) is 4.79 Å². The van der Waals surface area contributed by atoms with E-state index in [1.54, 1.807) is 0 Å². The van der Waals surface area contributed by atoms with Gasteiger partial charge in [0.1, 0.15) is 0 Å². The topological polar surface area (TPSA) is 26.3 Å². The van der Waals surface area contributed by atoms with Crippen LogP contribution in [0.4, 0.5) is 0 Å². The van der Waals surface area contributed by atoms with Gasteiger partial charge < -0.3 is 4.74 Å². The molecule has 3 fully saturated rings. The van der Waals surface area contributed by atoms with Gasteiger partial charge in [0, 0.05) is 6.42 Å². The number of ether oxygens (including phenoxy) is 1. The van der Waals surface area contributed by atoms with Crippen LogP contribution >= 0.6 is 0 Å². The summed E-state index contributed by atoms with van der Waals surface area (Å²) in [5, 5.41) is 0. The Labute approximate surface area is 172 Å². The Morgan fingerprint density at radius 1 is 1.07 bits per heavy atom. The normalized spacial score (nSPS) is 45.6. The lowest BCUT2D eigenvalue weighted by molar-refractivity contribution is -0.143. The summed E-state index contributed by atoms with van der Waals surface area (Å²) >= 11 is 0. The second kappa shape index (κ2) is 7.80. The van der Waals surface area contributed by atoms with E-state index in [4.69, 9.17) is 4.74 Å². The molecule has 3 saturated carbocycles. The molecule has 0 aliphatic heterocycles. The van der Waals surface area contributed by atoms with Crippen LogP contribution in [-0.4, -0.2) is 12.6 Å². The molecule has 4 rings (SSSR count). The van der Waals surface area contributed by atoms with Gasteiger partial charge in [0.2, 0.25) is 0 Å².